The number of methoxy groups -OCH3 is 1. The first kappa shape index (κ1) is 20.0. The predicted octanol–water partition coefficient (Wildman–Crippen LogP) is 3.41. The van der Waals surface area contributed by atoms with E-state index < -0.39 is 0 Å². The third kappa shape index (κ3) is 4.34. The molecule has 10 heteroatoms. The van der Waals surface area contributed by atoms with E-state index in [4.69, 9.17) is 4.74 Å². The summed E-state index contributed by atoms with van der Waals surface area (Å²) in [7, 11) is 1.51. The molecule has 3 heterocycles. The second-order valence-corrected chi connectivity index (χ2v) is 8.54. The third-order valence-corrected chi connectivity index (χ3v) is 6.19. The van der Waals surface area contributed by atoms with Gasteiger partial charge in [0.1, 0.15) is 11.4 Å². The Balaban J connectivity index is 1.44. The van der Waals surface area contributed by atoms with Crippen LogP contribution >= 0.6 is 23.1 Å². The highest BCUT2D eigenvalue weighted by atomic mass is 32.2. The third-order valence-electron chi connectivity index (χ3n) is 4.18. The van der Waals surface area contributed by atoms with Crippen LogP contribution < -0.4 is 15.6 Å². The lowest BCUT2D eigenvalue weighted by molar-refractivity contribution is 0.102. The minimum atomic E-state index is -0.320. The van der Waals surface area contributed by atoms with Gasteiger partial charge in [-0.1, -0.05) is 41.3 Å². The van der Waals surface area contributed by atoms with Crippen molar-refractivity contribution in [3.05, 3.63) is 75.8 Å². The minimum absolute atomic E-state index is 0.124. The number of nitrogens with one attached hydrogen (secondary N) is 1. The van der Waals surface area contributed by atoms with Gasteiger partial charge in [-0.2, -0.15) is 0 Å². The maximum Gasteiger partial charge on any atom is 0.261 e. The van der Waals surface area contributed by atoms with E-state index in [0.717, 1.165) is 5.56 Å². The molecule has 0 saturated carbocycles. The number of benzene rings is 1. The fraction of sp³-hybridized carbons (Fsp3) is 0.150. The SMILES string of the molecule is COc1ccccc1C(=O)Nc1nnc(SCc2cc(=O)n3cc(C)ccc3n2)s1. The van der Waals surface area contributed by atoms with Crippen molar-refractivity contribution in [2.75, 3.05) is 12.4 Å². The van der Waals surface area contributed by atoms with E-state index in [1.807, 2.05) is 19.1 Å². The summed E-state index contributed by atoms with van der Waals surface area (Å²) in [5.41, 5.74) is 2.54. The van der Waals surface area contributed by atoms with Crippen LogP contribution in [0.5, 0.6) is 5.75 Å². The van der Waals surface area contributed by atoms with Gasteiger partial charge in [0, 0.05) is 18.0 Å². The molecule has 152 valence electrons. The highest BCUT2D eigenvalue weighted by molar-refractivity contribution is 8.00. The Hall–Kier alpha value is -3.24. The van der Waals surface area contributed by atoms with E-state index in [1.165, 1.54) is 40.7 Å². The van der Waals surface area contributed by atoms with Gasteiger partial charge in [0.15, 0.2) is 4.34 Å². The number of nitrogens with zero attached hydrogens (tertiary/aromatic N) is 4. The molecule has 0 bridgehead atoms. The maximum atomic E-state index is 12.5. The molecular formula is C20H17N5O3S2. The van der Waals surface area contributed by atoms with Crippen molar-refractivity contribution in [1.82, 2.24) is 19.6 Å². The minimum Gasteiger partial charge on any atom is -0.496 e. The summed E-state index contributed by atoms with van der Waals surface area (Å²) in [6, 6.07) is 12.2. The molecule has 4 rings (SSSR count). The van der Waals surface area contributed by atoms with E-state index in [0.29, 0.717) is 37.9 Å². The number of para-hydroxylation sites is 1. The van der Waals surface area contributed by atoms with Crippen molar-refractivity contribution >= 4 is 39.8 Å². The van der Waals surface area contributed by atoms with Crippen molar-refractivity contribution < 1.29 is 9.53 Å². The van der Waals surface area contributed by atoms with Gasteiger partial charge in [0.2, 0.25) is 5.13 Å². The Bertz CT molecular complexity index is 1280. The van der Waals surface area contributed by atoms with Crippen LogP contribution in [0.1, 0.15) is 21.6 Å². The molecule has 0 unspecified atom stereocenters. The molecule has 0 atom stereocenters. The van der Waals surface area contributed by atoms with E-state index in [2.05, 4.69) is 20.5 Å². The van der Waals surface area contributed by atoms with Gasteiger partial charge in [-0.3, -0.25) is 19.3 Å². The first-order valence-electron chi connectivity index (χ1n) is 8.93. The Morgan fingerprint density at radius 2 is 2.07 bits per heavy atom. The van der Waals surface area contributed by atoms with Crippen LogP contribution in [0.3, 0.4) is 0 Å². The number of hydrogen-bond donors (Lipinski definition) is 1. The van der Waals surface area contributed by atoms with Crippen LogP contribution in [0.2, 0.25) is 0 Å². The van der Waals surface area contributed by atoms with Crippen molar-refractivity contribution in [2.24, 2.45) is 0 Å². The molecule has 3 aromatic heterocycles. The zero-order valence-corrected chi connectivity index (χ0v) is 17.8. The normalized spacial score (nSPS) is 10.9. The second kappa shape index (κ2) is 8.64. The van der Waals surface area contributed by atoms with E-state index in [1.54, 1.807) is 30.5 Å². The first-order chi connectivity index (χ1) is 14.5. The van der Waals surface area contributed by atoms with Crippen molar-refractivity contribution in [2.45, 2.75) is 17.0 Å². The average Bonchev–Trinajstić information content (AvgIpc) is 3.20. The number of thioether (sulfide) groups is 1. The van der Waals surface area contributed by atoms with Crippen LogP contribution in [0.25, 0.3) is 5.65 Å². The number of aryl methyl sites for hydroxylation is 1. The van der Waals surface area contributed by atoms with Crippen LogP contribution in [-0.2, 0) is 5.75 Å². The van der Waals surface area contributed by atoms with Gasteiger partial charge in [-0.25, -0.2) is 4.98 Å². The van der Waals surface area contributed by atoms with Crippen LogP contribution in [0, 0.1) is 6.92 Å². The van der Waals surface area contributed by atoms with Crippen molar-refractivity contribution in [3.8, 4) is 5.75 Å². The highest BCUT2D eigenvalue weighted by Crippen LogP contribution is 2.28. The summed E-state index contributed by atoms with van der Waals surface area (Å²) < 4.78 is 7.40. The number of fused-ring (bicyclic) bond motifs is 1. The average molecular weight is 440 g/mol. The molecule has 1 amide bonds. The zero-order chi connectivity index (χ0) is 21.1. The van der Waals surface area contributed by atoms with Crippen LogP contribution in [0.15, 0.2) is 57.8 Å². The molecule has 0 spiro atoms. The quantitative estimate of drug-likeness (QED) is 0.363. The molecule has 1 N–H and O–H groups in total. The number of amides is 1. The monoisotopic (exact) mass is 439 g/mol. The summed E-state index contributed by atoms with van der Waals surface area (Å²) >= 11 is 2.66. The molecule has 8 nitrogen and oxygen atoms in total. The first-order valence-corrected chi connectivity index (χ1v) is 10.7. The number of pyridine rings is 1. The number of aromatic nitrogens is 4. The fourth-order valence-corrected chi connectivity index (χ4v) is 4.42. The van der Waals surface area contributed by atoms with Gasteiger partial charge in [0.25, 0.3) is 11.5 Å². The Labute approximate surface area is 180 Å². The number of carbonyl (C=O) groups is 1. The molecule has 0 saturated heterocycles. The van der Waals surface area contributed by atoms with Crippen LogP contribution in [0.4, 0.5) is 5.13 Å². The van der Waals surface area contributed by atoms with Gasteiger partial charge >= 0.3 is 0 Å². The number of carbonyl (C=O) groups excluding carboxylic acids is 1. The van der Waals surface area contributed by atoms with E-state index >= 15 is 0 Å². The summed E-state index contributed by atoms with van der Waals surface area (Å²) in [5, 5.41) is 11.2. The van der Waals surface area contributed by atoms with E-state index in [-0.39, 0.29) is 11.5 Å². The standard InChI is InChI=1S/C20H17N5O3S2/c1-12-7-8-16-21-13(9-17(26)25(16)10-12)11-29-20-24-23-19(30-20)22-18(27)14-5-3-4-6-15(14)28-2/h3-10H,11H2,1-2H3,(H,22,23,27). The molecular weight excluding hydrogens is 422 g/mol. The maximum absolute atomic E-state index is 12.5. The zero-order valence-electron chi connectivity index (χ0n) is 16.2. The molecule has 0 aliphatic rings. The lowest BCUT2D eigenvalue weighted by atomic mass is 10.2. The highest BCUT2D eigenvalue weighted by Gasteiger charge is 2.14. The number of rotatable bonds is 6. The molecule has 4 aromatic rings. The molecule has 0 aliphatic heterocycles. The predicted molar refractivity (Wildman–Crippen MR) is 117 cm³/mol. The van der Waals surface area contributed by atoms with E-state index in [9.17, 15) is 9.59 Å². The smallest absolute Gasteiger partial charge is 0.261 e. The van der Waals surface area contributed by atoms with Gasteiger partial charge in [-0.15, -0.1) is 10.2 Å². The van der Waals surface area contributed by atoms with Gasteiger partial charge in [-0.05, 0) is 30.7 Å². The lowest BCUT2D eigenvalue weighted by Crippen LogP contribution is -2.15. The summed E-state index contributed by atoms with van der Waals surface area (Å²) in [6.07, 6.45) is 1.77. The number of hydrogen-bond acceptors (Lipinski definition) is 8. The molecule has 0 aliphatic carbocycles. The van der Waals surface area contributed by atoms with Crippen molar-refractivity contribution in [3.63, 3.8) is 0 Å². The second-order valence-electron chi connectivity index (χ2n) is 6.34. The molecule has 30 heavy (non-hydrogen) atoms. The molecule has 0 radical (unpaired) electrons. The topological polar surface area (TPSA) is 98.5 Å². The summed E-state index contributed by atoms with van der Waals surface area (Å²) in [5.74, 6) is 0.631. The Morgan fingerprint density at radius 3 is 2.90 bits per heavy atom. The number of anilines is 1. The Kier molecular flexibility index (Phi) is 5.77. The lowest BCUT2D eigenvalue weighted by Gasteiger charge is -2.06. The number of ether oxygens (including phenoxy) is 1. The molecule has 0 fully saturated rings. The fourth-order valence-electron chi connectivity index (χ4n) is 2.78. The largest absolute Gasteiger partial charge is 0.496 e. The van der Waals surface area contributed by atoms with Crippen molar-refractivity contribution in [1.29, 1.82) is 0 Å². The summed E-state index contributed by atoms with van der Waals surface area (Å²) in [6.45, 7) is 1.93. The van der Waals surface area contributed by atoms with Gasteiger partial charge in [0.05, 0.1) is 18.4 Å². The summed E-state index contributed by atoms with van der Waals surface area (Å²) in [4.78, 5) is 29.3. The van der Waals surface area contributed by atoms with Crippen LogP contribution in [-0.4, -0.2) is 32.6 Å². The van der Waals surface area contributed by atoms with Gasteiger partial charge < -0.3 is 4.74 Å². The Morgan fingerprint density at radius 1 is 1.23 bits per heavy atom. The molecule has 1 aromatic carbocycles.